The van der Waals surface area contributed by atoms with Gasteiger partial charge in [-0.05, 0) is 58.6 Å². The normalized spacial score (nSPS) is 33.4. The van der Waals surface area contributed by atoms with Crippen LogP contribution in [0, 0.1) is 11.8 Å². The van der Waals surface area contributed by atoms with Gasteiger partial charge < -0.3 is 29.3 Å². The summed E-state index contributed by atoms with van der Waals surface area (Å²) in [7, 11) is 1.71. The Labute approximate surface area is 273 Å². The second kappa shape index (κ2) is 13.0. The molecule has 0 aromatic heterocycles. The molecule has 1 aromatic rings. The second-order valence-electron chi connectivity index (χ2n) is 13.4. The summed E-state index contributed by atoms with van der Waals surface area (Å²) in [4.78, 5) is 61.5. The van der Waals surface area contributed by atoms with Crippen LogP contribution in [0.1, 0.15) is 65.0 Å². The van der Waals surface area contributed by atoms with Crippen molar-refractivity contribution in [2.24, 2.45) is 11.8 Å². The van der Waals surface area contributed by atoms with Gasteiger partial charge in [-0.25, -0.2) is 0 Å². The minimum absolute atomic E-state index is 0.0386. The number of carbonyl (C=O) groups is 4. The van der Waals surface area contributed by atoms with Crippen molar-refractivity contribution in [1.29, 1.82) is 0 Å². The molecule has 1 spiro atoms. The average molecular weight is 687 g/mol. The highest BCUT2D eigenvalue weighted by atomic mass is 79.9. The van der Waals surface area contributed by atoms with Crippen LogP contribution in [-0.2, 0) is 28.7 Å². The summed E-state index contributed by atoms with van der Waals surface area (Å²) < 4.78 is 13.5. The topological polar surface area (TPSA) is 117 Å². The fraction of sp³-hybridized carbons (Fsp3) is 0.588. The van der Waals surface area contributed by atoms with Crippen molar-refractivity contribution in [3.05, 3.63) is 58.6 Å². The maximum absolute atomic E-state index is 14.7. The van der Waals surface area contributed by atoms with Crippen molar-refractivity contribution in [1.82, 2.24) is 14.7 Å². The van der Waals surface area contributed by atoms with Gasteiger partial charge in [0.15, 0.2) is 0 Å². The molecule has 1 N–H and O–H groups in total. The summed E-state index contributed by atoms with van der Waals surface area (Å²) in [5.74, 6) is -3.32. The van der Waals surface area contributed by atoms with E-state index in [0.29, 0.717) is 23.7 Å². The highest BCUT2D eigenvalue weighted by molar-refractivity contribution is 9.11. The van der Waals surface area contributed by atoms with Gasteiger partial charge in [-0.1, -0.05) is 58.4 Å². The zero-order chi connectivity index (χ0) is 32.7. The maximum atomic E-state index is 14.7. The molecule has 0 unspecified atom stereocenters. The lowest BCUT2D eigenvalue weighted by atomic mass is 9.74. The van der Waals surface area contributed by atoms with Crippen LogP contribution in [0.25, 0.3) is 0 Å². The second-order valence-corrected chi connectivity index (χ2v) is 14.3. The third kappa shape index (κ3) is 5.99. The van der Waals surface area contributed by atoms with Crippen LogP contribution in [0.3, 0.4) is 0 Å². The molecule has 4 aliphatic heterocycles. The van der Waals surface area contributed by atoms with Crippen LogP contribution in [0.15, 0.2) is 53.0 Å². The van der Waals surface area contributed by atoms with E-state index < -0.39 is 53.2 Å². The lowest BCUT2D eigenvalue weighted by molar-refractivity contribution is -0.164. The molecule has 0 radical (unpaired) electrons. The van der Waals surface area contributed by atoms with E-state index >= 15 is 0 Å². The van der Waals surface area contributed by atoms with Gasteiger partial charge in [0.1, 0.15) is 29.8 Å². The molecule has 7 atom stereocenters. The summed E-state index contributed by atoms with van der Waals surface area (Å²) in [6.45, 7) is 8.13. The smallest absolute Gasteiger partial charge is 0.313 e. The van der Waals surface area contributed by atoms with Crippen molar-refractivity contribution >= 4 is 39.6 Å². The van der Waals surface area contributed by atoms with Crippen LogP contribution < -0.4 is 0 Å². The van der Waals surface area contributed by atoms with Gasteiger partial charge in [-0.2, -0.15) is 0 Å². The lowest BCUT2D eigenvalue weighted by Crippen LogP contribution is -2.59. The van der Waals surface area contributed by atoms with Crippen molar-refractivity contribution < 1.29 is 33.8 Å². The number of likely N-dealkylation sites (N-methyl/N-ethyl adjacent to an activating group) is 1. The fourth-order valence-electron chi connectivity index (χ4n) is 7.14. The summed E-state index contributed by atoms with van der Waals surface area (Å²) in [6.07, 6.45) is 5.67. The van der Waals surface area contributed by atoms with Gasteiger partial charge in [0.25, 0.3) is 0 Å². The van der Waals surface area contributed by atoms with Gasteiger partial charge in [0, 0.05) is 43.2 Å². The number of carbonyl (C=O) groups excluding carboxylic acids is 4. The summed E-state index contributed by atoms with van der Waals surface area (Å²) in [6, 6.07) is 7.76. The minimum Gasteiger partial charge on any atom is -0.455 e. The Morgan fingerprint density at radius 1 is 1.02 bits per heavy atom. The molecular weight excluding hydrogens is 642 g/mol. The van der Waals surface area contributed by atoms with Crippen LogP contribution in [0.2, 0.25) is 0 Å². The molecule has 10 nitrogen and oxygen atoms in total. The highest BCUT2D eigenvalue weighted by Crippen LogP contribution is 2.59. The molecular formula is C34H44BrN3O7. The summed E-state index contributed by atoms with van der Waals surface area (Å²) in [5.41, 5.74) is -1.26. The Morgan fingerprint density at radius 3 is 2.40 bits per heavy atom. The van der Waals surface area contributed by atoms with Crippen molar-refractivity contribution in [3.63, 3.8) is 0 Å². The maximum Gasteiger partial charge on any atom is 0.313 e. The number of fused-ring (bicyclic) bond motifs is 2. The van der Waals surface area contributed by atoms with E-state index in [1.807, 2.05) is 70.2 Å². The van der Waals surface area contributed by atoms with Crippen molar-refractivity contribution in [2.75, 3.05) is 26.7 Å². The molecule has 244 valence electrons. The zero-order valence-corrected chi connectivity index (χ0v) is 28.2. The largest absolute Gasteiger partial charge is 0.455 e. The zero-order valence-electron chi connectivity index (χ0n) is 26.6. The van der Waals surface area contributed by atoms with E-state index in [2.05, 4.69) is 15.9 Å². The molecule has 4 heterocycles. The molecule has 0 saturated carbocycles. The van der Waals surface area contributed by atoms with Gasteiger partial charge in [-0.15, -0.1) is 0 Å². The predicted octanol–water partition coefficient (Wildman–Crippen LogP) is 3.74. The Morgan fingerprint density at radius 2 is 1.73 bits per heavy atom. The Kier molecular flexibility index (Phi) is 9.63. The average Bonchev–Trinajstić information content (AvgIpc) is 3.59. The third-order valence-electron chi connectivity index (χ3n) is 9.61. The number of aliphatic hydroxyl groups excluding tert-OH is 1. The summed E-state index contributed by atoms with van der Waals surface area (Å²) >= 11 is 3.60. The summed E-state index contributed by atoms with van der Waals surface area (Å²) in [5, 5.41) is 9.48. The standard InChI is InChI=1S/C34H44BrN3O7/c1-21-27(22-14-8-6-9-15-22)44-32(43)25-26-30(41)37(17-12-13-19-39)29(34(26)20-23(35)28(25)45-34)31(42)38(33(2,3)4)18-11-7-10-16-24(40)36(21)5/h6-9,11,14-15,20-21,25-29,39H,10,12-13,16-19H2,1-5H3/b11-7-/t21-,25+,26-,27+,28+,29+,34-/m0/s1. The number of amides is 3. The predicted molar refractivity (Wildman–Crippen MR) is 171 cm³/mol. The van der Waals surface area contributed by atoms with Crippen molar-refractivity contribution in [3.8, 4) is 0 Å². The van der Waals surface area contributed by atoms with Crippen LogP contribution in [-0.4, -0.2) is 99.6 Å². The number of halogens is 1. The number of esters is 1. The van der Waals surface area contributed by atoms with E-state index in [1.54, 1.807) is 27.8 Å². The number of hydrogen-bond donors (Lipinski definition) is 1. The van der Waals surface area contributed by atoms with Gasteiger partial charge >= 0.3 is 5.97 Å². The van der Waals surface area contributed by atoms with Crippen LogP contribution >= 0.6 is 15.9 Å². The monoisotopic (exact) mass is 685 g/mol. The van der Waals surface area contributed by atoms with E-state index in [4.69, 9.17) is 9.47 Å². The van der Waals surface area contributed by atoms with E-state index in [-0.39, 0.29) is 43.8 Å². The number of unbranched alkanes of at least 4 members (excludes halogenated alkanes) is 1. The number of rotatable bonds is 5. The van der Waals surface area contributed by atoms with Crippen molar-refractivity contribution in [2.45, 2.75) is 88.8 Å². The molecule has 4 aliphatic rings. The van der Waals surface area contributed by atoms with Gasteiger partial charge in [-0.3, -0.25) is 19.2 Å². The minimum atomic E-state index is -1.37. The lowest BCUT2D eigenvalue weighted by Gasteiger charge is -2.41. The third-order valence-corrected chi connectivity index (χ3v) is 10.3. The molecule has 2 fully saturated rings. The molecule has 2 saturated heterocycles. The number of likely N-dealkylation sites (tertiary alicyclic amines) is 1. The van der Waals surface area contributed by atoms with E-state index in [0.717, 1.165) is 5.56 Å². The number of benzene rings is 1. The van der Waals surface area contributed by atoms with E-state index in [1.165, 1.54) is 0 Å². The molecule has 5 bridgehead atoms. The van der Waals surface area contributed by atoms with E-state index in [9.17, 15) is 24.3 Å². The van der Waals surface area contributed by atoms with Crippen LogP contribution in [0.5, 0.6) is 0 Å². The number of allylic oxidation sites excluding steroid dienone is 1. The number of nitrogens with zero attached hydrogens (tertiary/aromatic N) is 3. The van der Waals surface area contributed by atoms with Gasteiger partial charge in [0.2, 0.25) is 17.7 Å². The first-order chi connectivity index (χ1) is 21.3. The molecule has 3 amide bonds. The first-order valence-electron chi connectivity index (χ1n) is 15.8. The molecule has 45 heavy (non-hydrogen) atoms. The Balaban J connectivity index is 1.63. The Bertz CT molecular complexity index is 1380. The number of cyclic esters (lactones) is 1. The number of hydrogen-bond acceptors (Lipinski definition) is 7. The number of ether oxygens (including phenoxy) is 2. The van der Waals surface area contributed by atoms with Crippen LogP contribution in [0.4, 0.5) is 0 Å². The molecule has 5 rings (SSSR count). The highest BCUT2D eigenvalue weighted by Gasteiger charge is 2.75. The molecule has 0 aliphatic carbocycles. The first kappa shape index (κ1) is 33.3. The Hall–Kier alpha value is -3.02. The molecule has 11 heteroatoms. The van der Waals surface area contributed by atoms with Gasteiger partial charge in [0.05, 0.1) is 12.0 Å². The SMILES string of the molecule is C[C@H]1[C@H](c2ccccc2)OC(=O)[C@H]2[C@@H]3O[C@@]4(C=C3Br)[C@@H]2C(=O)N(CCCCO)[C@@H]4C(=O)N(C(C)(C)C)C/C=C\CCC(=O)N1C. The first-order valence-corrected chi connectivity index (χ1v) is 16.6. The fourth-order valence-corrected chi connectivity index (χ4v) is 7.88. The molecule has 1 aromatic carbocycles. The quantitative estimate of drug-likeness (QED) is 0.285. The number of aliphatic hydroxyl groups is 1.